The van der Waals surface area contributed by atoms with E-state index in [0.29, 0.717) is 6.61 Å². The van der Waals surface area contributed by atoms with Crippen molar-refractivity contribution < 1.29 is 4.74 Å². The van der Waals surface area contributed by atoms with Gasteiger partial charge in [-0.1, -0.05) is 51.7 Å². The summed E-state index contributed by atoms with van der Waals surface area (Å²) >= 11 is 0. The summed E-state index contributed by atoms with van der Waals surface area (Å²) in [4.78, 5) is 4.57. The third kappa shape index (κ3) is 7.06. The molecular formula is C24H32N2O. The molecule has 144 valence electrons. The van der Waals surface area contributed by atoms with Gasteiger partial charge in [0.05, 0.1) is 18.4 Å². The SMILES string of the molecule is CCCCCCCc1ccnc(-c2ccccc2OCCC(C#N)CC)c1. The molecule has 0 aliphatic rings. The Bertz CT molecular complexity index is 720. The van der Waals surface area contributed by atoms with Crippen molar-refractivity contribution in [1.82, 2.24) is 4.98 Å². The minimum Gasteiger partial charge on any atom is -0.493 e. The topological polar surface area (TPSA) is 45.9 Å². The minimum atomic E-state index is 0.0614. The van der Waals surface area contributed by atoms with Crippen molar-refractivity contribution in [2.24, 2.45) is 5.92 Å². The van der Waals surface area contributed by atoms with Gasteiger partial charge in [-0.25, -0.2) is 0 Å². The van der Waals surface area contributed by atoms with E-state index in [0.717, 1.165) is 36.3 Å². The maximum absolute atomic E-state index is 9.09. The Kier molecular flexibility index (Phi) is 9.41. The molecule has 27 heavy (non-hydrogen) atoms. The maximum atomic E-state index is 9.09. The Balaban J connectivity index is 2.01. The zero-order chi connectivity index (χ0) is 19.3. The number of nitriles is 1. The Morgan fingerprint density at radius 2 is 1.89 bits per heavy atom. The summed E-state index contributed by atoms with van der Waals surface area (Å²) in [5.41, 5.74) is 3.32. The fourth-order valence-electron chi connectivity index (χ4n) is 3.18. The van der Waals surface area contributed by atoms with Gasteiger partial charge in [0.25, 0.3) is 0 Å². The van der Waals surface area contributed by atoms with E-state index in [-0.39, 0.29) is 5.92 Å². The van der Waals surface area contributed by atoms with Crippen LogP contribution in [0.3, 0.4) is 0 Å². The highest BCUT2D eigenvalue weighted by molar-refractivity contribution is 5.67. The number of para-hydroxylation sites is 1. The molecule has 0 amide bonds. The molecule has 0 aliphatic heterocycles. The van der Waals surface area contributed by atoms with Crippen molar-refractivity contribution in [3.05, 3.63) is 48.2 Å². The highest BCUT2D eigenvalue weighted by atomic mass is 16.5. The van der Waals surface area contributed by atoms with Crippen LogP contribution in [0.2, 0.25) is 0 Å². The third-order valence-electron chi connectivity index (χ3n) is 4.96. The van der Waals surface area contributed by atoms with Crippen LogP contribution >= 0.6 is 0 Å². The molecule has 0 saturated carbocycles. The highest BCUT2D eigenvalue weighted by Crippen LogP contribution is 2.29. The monoisotopic (exact) mass is 364 g/mol. The second-order valence-corrected chi connectivity index (χ2v) is 7.08. The normalized spacial score (nSPS) is 11.7. The second-order valence-electron chi connectivity index (χ2n) is 7.08. The van der Waals surface area contributed by atoms with Gasteiger partial charge in [0.15, 0.2) is 0 Å². The molecule has 1 unspecified atom stereocenters. The number of unbranched alkanes of at least 4 members (excludes halogenated alkanes) is 4. The smallest absolute Gasteiger partial charge is 0.128 e. The van der Waals surface area contributed by atoms with Crippen LogP contribution in [-0.4, -0.2) is 11.6 Å². The van der Waals surface area contributed by atoms with Gasteiger partial charge in [-0.05, 0) is 55.5 Å². The largest absolute Gasteiger partial charge is 0.493 e. The summed E-state index contributed by atoms with van der Waals surface area (Å²) in [6, 6.07) is 14.7. The summed E-state index contributed by atoms with van der Waals surface area (Å²) in [7, 11) is 0. The van der Waals surface area contributed by atoms with Crippen molar-refractivity contribution in [1.29, 1.82) is 5.26 Å². The first-order chi connectivity index (χ1) is 13.3. The van der Waals surface area contributed by atoms with E-state index in [4.69, 9.17) is 10.00 Å². The predicted molar refractivity (Wildman–Crippen MR) is 112 cm³/mol. The molecular weight excluding hydrogens is 332 g/mol. The molecule has 2 rings (SSSR count). The molecule has 1 aromatic heterocycles. The van der Waals surface area contributed by atoms with Crippen LogP contribution in [0.25, 0.3) is 11.3 Å². The number of hydrogen-bond acceptors (Lipinski definition) is 3. The summed E-state index contributed by atoms with van der Waals surface area (Å²) in [5.74, 6) is 0.907. The fourth-order valence-corrected chi connectivity index (χ4v) is 3.18. The van der Waals surface area contributed by atoms with E-state index in [2.05, 4.69) is 36.2 Å². The van der Waals surface area contributed by atoms with E-state index >= 15 is 0 Å². The Hall–Kier alpha value is -2.34. The molecule has 0 bridgehead atoms. The van der Waals surface area contributed by atoms with Gasteiger partial charge in [-0.15, -0.1) is 0 Å². The standard InChI is InChI=1S/C24H32N2O/c1-3-5-6-7-8-11-21-14-16-26-23(18-21)22-12-9-10-13-24(22)27-17-15-20(4-2)19-25/h9-10,12-14,16,18,20H,3-8,11,15,17H2,1-2H3. The molecule has 1 atom stereocenters. The lowest BCUT2D eigenvalue weighted by Crippen LogP contribution is -2.05. The summed E-state index contributed by atoms with van der Waals surface area (Å²) < 4.78 is 6.00. The lowest BCUT2D eigenvalue weighted by atomic mass is 10.0. The first-order valence-corrected chi connectivity index (χ1v) is 10.3. The Morgan fingerprint density at radius 3 is 2.67 bits per heavy atom. The number of nitrogens with zero attached hydrogens (tertiary/aromatic N) is 2. The van der Waals surface area contributed by atoms with Crippen molar-refractivity contribution in [2.45, 2.75) is 65.2 Å². The van der Waals surface area contributed by atoms with Gasteiger partial charge in [0.1, 0.15) is 5.75 Å². The molecule has 0 radical (unpaired) electrons. The van der Waals surface area contributed by atoms with Gasteiger partial charge < -0.3 is 4.74 Å². The van der Waals surface area contributed by atoms with E-state index in [1.54, 1.807) is 0 Å². The van der Waals surface area contributed by atoms with Crippen LogP contribution in [0.15, 0.2) is 42.6 Å². The zero-order valence-corrected chi connectivity index (χ0v) is 16.8. The van der Waals surface area contributed by atoms with E-state index in [1.165, 1.54) is 37.7 Å². The van der Waals surface area contributed by atoms with Crippen LogP contribution < -0.4 is 4.74 Å². The lowest BCUT2D eigenvalue weighted by molar-refractivity contribution is 0.292. The molecule has 0 saturated heterocycles. The van der Waals surface area contributed by atoms with Gasteiger partial charge in [-0.2, -0.15) is 5.26 Å². The maximum Gasteiger partial charge on any atom is 0.128 e. The molecule has 0 N–H and O–H groups in total. The number of benzene rings is 1. The third-order valence-corrected chi connectivity index (χ3v) is 4.96. The average molecular weight is 365 g/mol. The van der Waals surface area contributed by atoms with Crippen molar-refractivity contribution in [2.75, 3.05) is 6.61 Å². The quantitative estimate of drug-likeness (QED) is 0.400. The van der Waals surface area contributed by atoms with Crippen molar-refractivity contribution in [3.63, 3.8) is 0 Å². The fraction of sp³-hybridized carbons (Fsp3) is 0.500. The van der Waals surface area contributed by atoms with Crippen LogP contribution in [0.4, 0.5) is 0 Å². The van der Waals surface area contributed by atoms with E-state index in [1.807, 2.05) is 31.3 Å². The van der Waals surface area contributed by atoms with Crippen LogP contribution in [-0.2, 0) is 6.42 Å². The zero-order valence-electron chi connectivity index (χ0n) is 16.8. The minimum absolute atomic E-state index is 0.0614. The molecule has 0 spiro atoms. The second kappa shape index (κ2) is 12.1. The van der Waals surface area contributed by atoms with Gasteiger partial charge in [0, 0.05) is 17.7 Å². The van der Waals surface area contributed by atoms with Crippen molar-refractivity contribution in [3.8, 4) is 23.1 Å². The molecule has 3 nitrogen and oxygen atoms in total. The Labute approximate surface area is 164 Å². The average Bonchev–Trinajstić information content (AvgIpc) is 2.72. The number of rotatable bonds is 12. The number of ether oxygens (including phenoxy) is 1. The predicted octanol–water partition coefficient (Wildman–Crippen LogP) is 6.58. The van der Waals surface area contributed by atoms with E-state index in [9.17, 15) is 0 Å². The van der Waals surface area contributed by atoms with Crippen LogP contribution in [0, 0.1) is 17.2 Å². The number of aromatic nitrogens is 1. The highest BCUT2D eigenvalue weighted by Gasteiger charge is 2.10. The Morgan fingerprint density at radius 1 is 1.07 bits per heavy atom. The first kappa shape index (κ1) is 21.0. The summed E-state index contributed by atoms with van der Waals surface area (Å²) in [6.45, 7) is 4.84. The molecule has 3 heteroatoms. The number of hydrogen-bond donors (Lipinski definition) is 0. The lowest BCUT2D eigenvalue weighted by Gasteiger charge is -2.13. The summed E-state index contributed by atoms with van der Waals surface area (Å²) in [5, 5.41) is 9.09. The molecule has 0 fully saturated rings. The number of pyridine rings is 1. The molecule has 0 aliphatic carbocycles. The first-order valence-electron chi connectivity index (χ1n) is 10.3. The molecule has 2 aromatic rings. The van der Waals surface area contributed by atoms with Crippen LogP contribution in [0.1, 0.15) is 64.4 Å². The van der Waals surface area contributed by atoms with Gasteiger partial charge >= 0.3 is 0 Å². The van der Waals surface area contributed by atoms with Gasteiger partial charge in [-0.3, -0.25) is 4.98 Å². The molecule has 1 heterocycles. The van der Waals surface area contributed by atoms with Gasteiger partial charge in [0.2, 0.25) is 0 Å². The summed E-state index contributed by atoms with van der Waals surface area (Å²) in [6.07, 6.45) is 11.1. The van der Waals surface area contributed by atoms with Crippen LogP contribution in [0.5, 0.6) is 5.75 Å². The van der Waals surface area contributed by atoms with E-state index < -0.39 is 0 Å². The number of aryl methyl sites for hydroxylation is 1. The molecule has 1 aromatic carbocycles. The van der Waals surface area contributed by atoms with Crippen molar-refractivity contribution >= 4 is 0 Å².